The maximum Gasteiger partial charge on any atom is 0.234 e. The zero-order valence-corrected chi connectivity index (χ0v) is 12.7. The number of aryl methyl sites for hydroxylation is 1. The Morgan fingerprint density at radius 1 is 1.50 bits per heavy atom. The van der Waals surface area contributed by atoms with Gasteiger partial charge in [-0.1, -0.05) is 0 Å². The van der Waals surface area contributed by atoms with Gasteiger partial charge in [0.1, 0.15) is 5.82 Å². The summed E-state index contributed by atoms with van der Waals surface area (Å²) >= 11 is 2.80. The molecule has 2 aromatic rings. The lowest BCUT2D eigenvalue weighted by atomic mass is 10.3. The fourth-order valence-electron chi connectivity index (χ4n) is 1.55. The highest BCUT2D eigenvalue weighted by Gasteiger charge is 2.11. The van der Waals surface area contributed by atoms with Gasteiger partial charge >= 0.3 is 0 Å². The van der Waals surface area contributed by atoms with Gasteiger partial charge in [0.2, 0.25) is 5.91 Å². The molecule has 1 N–H and O–H groups in total. The van der Waals surface area contributed by atoms with Gasteiger partial charge in [-0.25, -0.2) is 9.37 Å². The maximum absolute atomic E-state index is 13.4. The number of carbonyl (C=O) groups excluding carboxylic acids is 1. The SMILES string of the molecule is CSCC(=O)Nc1cc(F)ccc1Sc1nccn1C. The Hall–Kier alpha value is -1.47. The van der Waals surface area contributed by atoms with Crippen LogP contribution in [-0.4, -0.2) is 27.5 Å². The van der Waals surface area contributed by atoms with Crippen LogP contribution in [0.5, 0.6) is 0 Å². The Labute approximate surface area is 125 Å². The van der Waals surface area contributed by atoms with Crippen molar-refractivity contribution in [3.8, 4) is 0 Å². The Morgan fingerprint density at radius 2 is 2.30 bits per heavy atom. The van der Waals surface area contributed by atoms with Crippen LogP contribution in [-0.2, 0) is 11.8 Å². The number of imidazole rings is 1. The van der Waals surface area contributed by atoms with Crippen LogP contribution in [0.25, 0.3) is 0 Å². The van der Waals surface area contributed by atoms with E-state index in [0.717, 1.165) is 10.1 Å². The molecule has 0 radical (unpaired) electrons. The summed E-state index contributed by atoms with van der Waals surface area (Å²) in [5, 5.41) is 3.50. The Morgan fingerprint density at radius 3 is 2.95 bits per heavy atom. The number of aromatic nitrogens is 2. The smallest absolute Gasteiger partial charge is 0.234 e. The van der Waals surface area contributed by atoms with Gasteiger partial charge in [-0.15, -0.1) is 0 Å². The van der Waals surface area contributed by atoms with Crippen LogP contribution in [0.3, 0.4) is 0 Å². The minimum atomic E-state index is -0.381. The average Bonchev–Trinajstić information content (AvgIpc) is 2.78. The molecule has 0 aliphatic rings. The molecule has 1 heterocycles. The zero-order valence-electron chi connectivity index (χ0n) is 11.1. The molecule has 0 spiro atoms. The molecule has 0 atom stereocenters. The molecule has 0 saturated heterocycles. The summed E-state index contributed by atoms with van der Waals surface area (Å²) in [6.45, 7) is 0. The number of amides is 1. The summed E-state index contributed by atoms with van der Waals surface area (Å²) in [6.07, 6.45) is 5.37. The third kappa shape index (κ3) is 3.77. The molecule has 0 aliphatic heterocycles. The second kappa shape index (κ2) is 6.81. The number of nitrogens with one attached hydrogen (secondary N) is 1. The first kappa shape index (κ1) is 14.9. The molecule has 7 heteroatoms. The maximum atomic E-state index is 13.4. The van der Waals surface area contributed by atoms with Crippen LogP contribution in [0.2, 0.25) is 0 Å². The highest BCUT2D eigenvalue weighted by molar-refractivity contribution is 7.99. The first-order valence-corrected chi connectivity index (χ1v) is 8.04. The monoisotopic (exact) mass is 311 g/mol. The number of anilines is 1. The van der Waals surface area contributed by atoms with Crippen molar-refractivity contribution in [3.05, 3.63) is 36.4 Å². The molecule has 1 amide bonds. The number of rotatable bonds is 5. The van der Waals surface area contributed by atoms with E-state index in [1.165, 1.54) is 35.7 Å². The summed E-state index contributed by atoms with van der Waals surface area (Å²) in [5.74, 6) is -0.193. The number of hydrogen-bond donors (Lipinski definition) is 1. The third-order valence-electron chi connectivity index (χ3n) is 2.47. The van der Waals surface area contributed by atoms with E-state index >= 15 is 0 Å². The fourth-order valence-corrected chi connectivity index (χ4v) is 2.76. The van der Waals surface area contributed by atoms with Gasteiger partial charge in [0.05, 0.1) is 11.4 Å². The van der Waals surface area contributed by atoms with Gasteiger partial charge in [-0.05, 0) is 36.2 Å². The Balaban J connectivity index is 2.23. The summed E-state index contributed by atoms with van der Waals surface area (Å²) < 4.78 is 15.2. The number of thioether (sulfide) groups is 1. The molecule has 0 fully saturated rings. The summed E-state index contributed by atoms with van der Waals surface area (Å²) in [4.78, 5) is 16.6. The Bertz CT molecular complexity index is 615. The predicted octanol–water partition coefficient (Wildman–Crippen LogP) is 3.01. The first-order chi connectivity index (χ1) is 9.60. The second-order valence-electron chi connectivity index (χ2n) is 4.04. The van der Waals surface area contributed by atoms with Gasteiger partial charge in [0, 0.05) is 24.3 Å². The molecular weight excluding hydrogens is 297 g/mol. The van der Waals surface area contributed by atoms with Crippen molar-refractivity contribution in [1.82, 2.24) is 9.55 Å². The Kier molecular flexibility index (Phi) is 5.08. The quantitative estimate of drug-likeness (QED) is 0.922. The molecule has 2 rings (SSSR count). The van der Waals surface area contributed by atoms with Crippen molar-refractivity contribution < 1.29 is 9.18 Å². The second-order valence-corrected chi connectivity index (χ2v) is 5.92. The predicted molar refractivity (Wildman–Crippen MR) is 80.7 cm³/mol. The van der Waals surface area contributed by atoms with Crippen molar-refractivity contribution in [2.75, 3.05) is 17.3 Å². The van der Waals surface area contributed by atoms with Gasteiger partial charge in [0.25, 0.3) is 0 Å². The standard InChI is InChI=1S/C13H14FN3OS2/c1-17-6-5-15-13(17)20-11-4-3-9(14)7-10(11)16-12(18)8-19-2/h3-7H,8H2,1-2H3,(H,16,18). The molecule has 106 valence electrons. The molecule has 1 aromatic heterocycles. The number of carbonyl (C=O) groups is 1. The topological polar surface area (TPSA) is 46.9 Å². The van der Waals surface area contributed by atoms with Crippen molar-refractivity contribution in [1.29, 1.82) is 0 Å². The molecular formula is C13H14FN3OS2. The molecule has 1 aromatic carbocycles. The molecule has 4 nitrogen and oxygen atoms in total. The zero-order chi connectivity index (χ0) is 14.5. The van der Waals surface area contributed by atoms with E-state index in [0.29, 0.717) is 11.4 Å². The van der Waals surface area contributed by atoms with Crippen LogP contribution in [0, 0.1) is 5.82 Å². The summed E-state index contributed by atoms with van der Waals surface area (Å²) in [6, 6.07) is 4.34. The minimum Gasteiger partial charge on any atom is -0.329 e. The van der Waals surface area contributed by atoms with Gasteiger partial charge in [-0.2, -0.15) is 11.8 Å². The van der Waals surface area contributed by atoms with Crippen molar-refractivity contribution in [2.45, 2.75) is 10.1 Å². The number of benzene rings is 1. The number of hydrogen-bond acceptors (Lipinski definition) is 4. The first-order valence-electron chi connectivity index (χ1n) is 5.83. The van der Waals surface area contributed by atoms with E-state index in [1.54, 1.807) is 12.3 Å². The summed E-state index contributed by atoms with van der Waals surface area (Å²) in [5.41, 5.74) is 0.469. The summed E-state index contributed by atoms with van der Waals surface area (Å²) in [7, 11) is 1.88. The van der Waals surface area contributed by atoms with E-state index in [2.05, 4.69) is 10.3 Å². The molecule has 20 heavy (non-hydrogen) atoms. The van der Waals surface area contributed by atoms with Crippen LogP contribution >= 0.6 is 23.5 Å². The molecule has 0 unspecified atom stereocenters. The van der Waals surface area contributed by atoms with Crippen LogP contribution < -0.4 is 5.32 Å². The largest absolute Gasteiger partial charge is 0.329 e. The minimum absolute atomic E-state index is 0.148. The fraction of sp³-hybridized carbons (Fsp3) is 0.231. The van der Waals surface area contributed by atoms with Crippen LogP contribution in [0.1, 0.15) is 0 Å². The van der Waals surface area contributed by atoms with Gasteiger partial charge in [0.15, 0.2) is 5.16 Å². The van der Waals surface area contributed by atoms with Crippen molar-refractivity contribution in [2.24, 2.45) is 7.05 Å². The van der Waals surface area contributed by atoms with E-state index in [-0.39, 0.29) is 11.7 Å². The lowest BCUT2D eigenvalue weighted by molar-refractivity contribution is -0.113. The van der Waals surface area contributed by atoms with Crippen LogP contribution in [0.4, 0.5) is 10.1 Å². The molecule has 0 bridgehead atoms. The third-order valence-corrected chi connectivity index (χ3v) is 4.17. The number of halogens is 1. The van der Waals surface area contributed by atoms with Gasteiger partial charge in [-0.3, -0.25) is 4.79 Å². The van der Waals surface area contributed by atoms with Crippen molar-refractivity contribution >= 4 is 35.1 Å². The average molecular weight is 311 g/mol. The van der Waals surface area contributed by atoms with Gasteiger partial charge < -0.3 is 9.88 Å². The lowest BCUT2D eigenvalue weighted by Gasteiger charge is -2.10. The highest BCUT2D eigenvalue weighted by Crippen LogP contribution is 2.32. The number of nitrogens with zero attached hydrogens (tertiary/aromatic N) is 2. The van der Waals surface area contributed by atoms with E-state index < -0.39 is 0 Å². The van der Waals surface area contributed by atoms with Crippen LogP contribution in [0.15, 0.2) is 40.6 Å². The highest BCUT2D eigenvalue weighted by atomic mass is 32.2. The molecule has 0 aliphatic carbocycles. The van der Waals surface area contributed by atoms with E-state index in [1.807, 2.05) is 24.1 Å². The van der Waals surface area contributed by atoms with E-state index in [9.17, 15) is 9.18 Å². The lowest BCUT2D eigenvalue weighted by Crippen LogP contribution is -2.14. The normalized spacial score (nSPS) is 10.6. The molecule has 0 saturated carbocycles. The van der Waals surface area contributed by atoms with Crippen molar-refractivity contribution in [3.63, 3.8) is 0 Å². The van der Waals surface area contributed by atoms with E-state index in [4.69, 9.17) is 0 Å².